The molecule has 1 aliphatic rings. The molecule has 0 spiro atoms. The summed E-state index contributed by atoms with van der Waals surface area (Å²) in [4.78, 5) is 36.0. The number of hydrogen-bond acceptors (Lipinski definition) is 14. The van der Waals surface area contributed by atoms with Crippen LogP contribution in [-0.4, -0.2) is 69.5 Å². The lowest BCUT2D eigenvalue weighted by atomic mass is 9.96. The maximum atomic E-state index is 13.9. The monoisotopic (exact) mass is 644 g/mol. The number of aromatic nitrogens is 2. The molecule has 2 aromatic rings. The van der Waals surface area contributed by atoms with E-state index in [1.54, 1.807) is 6.07 Å². The van der Waals surface area contributed by atoms with Crippen molar-refractivity contribution < 1.29 is 46.5 Å². The number of hydrazine groups is 1. The van der Waals surface area contributed by atoms with Gasteiger partial charge in [0.1, 0.15) is 35.3 Å². The number of carbonyl (C=O) groups is 3. The van der Waals surface area contributed by atoms with E-state index in [2.05, 4.69) is 10.2 Å². The summed E-state index contributed by atoms with van der Waals surface area (Å²) in [6, 6.07) is 2.97. The van der Waals surface area contributed by atoms with Crippen LogP contribution in [0.15, 0.2) is 29.4 Å². The number of carbonyl (C=O) groups excluding carboxylic acids is 3. The van der Waals surface area contributed by atoms with E-state index >= 15 is 0 Å². The molecule has 43 heavy (non-hydrogen) atoms. The van der Waals surface area contributed by atoms with Crippen molar-refractivity contribution in [2.75, 3.05) is 6.61 Å². The summed E-state index contributed by atoms with van der Waals surface area (Å²) in [7, 11) is 0. The molecule has 5 unspecified atom stereocenters. The molecule has 1 fully saturated rings. The topological polar surface area (TPSA) is 193 Å². The molecule has 4 N–H and O–H groups in total. The highest BCUT2D eigenvalue weighted by Crippen LogP contribution is 2.38. The van der Waals surface area contributed by atoms with Crippen LogP contribution in [0.25, 0.3) is 5.70 Å². The van der Waals surface area contributed by atoms with Crippen molar-refractivity contribution in [2.45, 2.75) is 55.6 Å². The molecule has 1 aliphatic heterocycles. The minimum Gasteiger partial charge on any atom is -0.463 e. The molecular weight excluding hydrogens is 621 g/mol. The highest BCUT2D eigenvalue weighted by atomic mass is 35.5. The Morgan fingerprint density at radius 1 is 1.09 bits per heavy atom. The Kier molecular flexibility index (Phi) is 11.2. The Morgan fingerprint density at radius 3 is 2.23 bits per heavy atom. The molecule has 0 bridgehead atoms. The van der Waals surface area contributed by atoms with Crippen LogP contribution < -0.4 is 11.6 Å². The van der Waals surface area contributed by atoms with Crippen molar-refractivity contribution in [3.63, 3.8) is 0 Å². The number of halogens is 4. The van der Waals surface area contributed by atoms with Gasteiger partial charge >= 0.3 is 17.9 Å². The summed E-state index contributed by atoms with van der Waals surface area (Å²) in [6.07, 6.45) is -3.04. The summed E-state index contributed by atoms with van der Waals surface area (Å²) in [5.74, 6) is -0.754. The molecule has 18 heteroatoms. The van der Waals surface area contributed by atoms with Crippen LogP contribution in [0.2, 0.25) is 5.02 Å². The number of nitriles is 1. The predicted octanol–water partition coefficient (Wildman–Crippen LogP) is 2.16. The number of ether oxygens (including phenoxy) is 4. The number of thioether (sulfide) groups is 1. The van der Waals surface area contributed by atoms with Crippen LogP contribution in [0.3, 0.4) is 0 Å². The van der Waals surface area contributed by atoms with Crippen LogP contribution in [0.4, 0.5) is 13.2 Å². The first-order chi connectivity index (χ1) is 20.2. The molecule has 13 nitrogen and oxygen atoms in total. The molecule has 1 saturated heterocycles. The molecule has 5 atom stereocenters. The van der Waals surface area contributed by atoms with Gasteiger partial charge in [0.2, 0.25) is 0 Å². The summed E-state index contributed by atoms with van der Waals surface area (Å²) in [5.41, 5.74) is 3.99. The first kappa shape index (κ1) is 33.4. The SMILES string of the molecule is CC(=O)OCC1OC(Sc2cc(Cl)c(C#N)nn2)C(OC(C)=O)C(N(N)/C=C(\N)c2cc(F)c(F)c(F)c2)C1OC(C)=O. The summed E-state index contributed by atoms with van der Waals surface area (Å²) in [5, 5.41) is 17.6. The van der Waals surface area contributed by atoms with Crippen LogP contribution in [-0.2, 0) is 33.3 Å². The van der Waals surface area contributed by atoms with Crippen LogP contribution >= 0.6 is 23.4 Å². The van der Waals surface area contributed by atoms with E-state index in [1.165, 1.54) is 6.07 Å². The number of nitrogens with two attached hydrogens (primary N) is 2. The van der Waals surface area contributed by atoms with Crippen molar-refractivity contribution >= 4 is 47.0 Å². The molecule has 3 rings (SSSR count). The lowest BCUT2D eigenvalue weighted by Gasteiger charge is -2.47. The van der Waals surface area contributed by atoms with Crippen molar-refractivity contribution in [1.29, 1.82) is 5.26 Å². The van der Waals surface area contributed by atoms with Crippen molar-refractivity contribution in [2.24, 2.45) is 11.6 Å². The minimum atomic E-state index is -1.71. The van der Waals surface area contributed by atoms with Gasteiger partial charge in [0.05, 0.1) is 10.7 Å². The van der Waals surface area contributed by atoms with E-state index in [0.717, 1.165) is 43.7 Å². The quantitative estimate of drug-likeness (QED) is 0.133. The third kappa shape index (κ3) is 8.47. The van der Waals surface area contributed by atoms with Gasteiger partial charge in [-0.05, 0) is 18.2 Å². The molecule has 2 heterocycles. The highest BCUT2D eigenvalue weighted by Gasteiger charge is 2.52. The molecule has 0 aliphatic carbocycles. The van der Waals surface area contributed by atoms with Crippen LogP contribution in [0.5, 0.6) is 0 Å². The first-order valence-corrected chi connectivity index (χ1v) is 13.4. The largest absolute Gasteiger partial charge is 0.463 e. The van der Waals surface area contributed by atoms with E-state index in [9.17, 15) is 27.6 Å². The first-order valence-electron chi connectivity index (χ1n) is 12.1. The van der Waals surface area contributed by atoms with E-state index in [0.29, 0.717) is 12.1 Å². The van der Waals surface area contributed by atoms with Crippen molar-refractivity contribution in [1.82, 2.24) is 15.2 Å². The summed E-state index contributed by atoms with van der Waals surface area (Å²) >= 11 is 6.91. The third-order valence-electron chi connectivity index (χ3n) is 5.69. The Labute approximate surface area is 251 Å². The Balaban J connectivity index is 2.13. The smallest absolute Gasteiger partial charge is 0.303 e. The Bertz CT molecular complexity index is 1460. The van der Waals surface area contributed by atoms with Gasteiger partial charge < -0.3 is 29.7 Å². The lowest BCUT2D eigenvalue weighted by Crippen LogP contribution is -2.66. The zero-order valence-corrected chi connectivity index (χ0v) is 24.2. The number of nitrogens with zero attached hydrogens (tertiary/aromatic N) is 4. The molecule has 1 aromatic carbocycles. The second-order valence-electron chi connectivity index (χ2n) is 8.88. The molecule has 0 saturated carbocycles. The van der Waals surface area contributed by atoms with Gasteiger partial charge in [-0.3, -0.25) is 14.4 Å². The second kappa shape index (κ2) is 14.4. The zero-order valence-electron chi connectivity index (χ0n) is 22.6. The van der Waals surface area contributed by atoms with Gasteiger partial charge in [0.25, 0.3) is 0 Å². The van der Waals surface area contributed by atoms with E-state index in [1.807, 2.05) is 0 Å². The molecule has 0 radical (unpaired) electrons. The van der Waals surface area contributed by atoms with Crippen molar-refractivity contribution in [3.8, 4) is 6.07 Å². The average Bonchev–Trinajstić information content (AvgIpc) is 2.91. The van der Waals surface area contributed by atoms with Gasteiger partial charge in [-0.25, -0.2) is 19.0 Å². The standard InChI is InChI=1S/C25H24ClF3N6O7S/c1-10(36)39-9-19-23(40-11(2)37)22(35(32)8-17(31)13-4-15(27)21(29)16(28)5-13)24(41-12(3)38)25(42-19)43-20-6-14(26)18(7-30)33-34-20/h4-6,8,19,22-25H,9,31-32H2,1-3H3/b17-8-. The number of benzene rings is 1. The Morgan fingerprint density at radius 2 is 1.70 bits per heavy atom. The number of hydrogen-bond donors (Lipinski definition) is 2. The average molecular weight is 645 g/mol. The van der Waals surface area contributed by atoms with E-state index < -0.39 is 71.8 Å². The van der Waals surface area contributed by atoms with Crippen LogP contribution in [0, 0.1) is 28.8 Å². The highest BCUT2D eigenvalue weighted by molar-refractivity contribution is 7.99. The Hall–Kier alpha value is -4.11. The number of esters is 3. The van der Waals surface area contributed by atoms with Gasteiger partial charge in [-0.2, -0.15) is 5.26 Å². The molecule has 230 valence electrons. The van der Waals surface area contributed by atoms with Gasteiger partial charge in [0, 0.05) is 32.5 Å². The van der Waals surface area contributed by atoms with Crippen molar-refractivity contribution in [3.05, 3.63) is 58.1 Å². The fourth-order valence-electron chi connectivity index (χ4n) is 3.97. The lowest BCUT2D eigenvalue weighted by molar-refractivity contribution is -0.215. The maximum absolute atomic E-state index is 13.9. The van der Waals surface area contributed by atoms with E-state index in [4.69, 9.17) is 47.4 Å². The fourth-order valence-corrected chi connectivity index (χ4v) is 5.27. The zero-order chi connectivity index (χ0) is 32.0. The third-order valence-corrected chi connectivity index (χ3v) is 7.03. The molecule has 0 amide bonds. The summed E-state index contributed by atoms with van der Waals surface area (Å²) < 4.78 is 63.4. The summed E-state index contributed by atoms with van der Waals surface area (Å²) in [6.45, 7) is 2.82. The fraction of sp³-hybridized carbons (Fsp3) is 0.360. The molecular formula is C25H24ClF3N6O7S. The normalized spacial score (nSPS) is 21.8. The predicted molar refractivity (Wildman–Crippen MR) is 142 cm³/mol. The van der Waals surface area contributed by atoms with Gasteiger partial charge in [-0.1, -0.05) is 23.4 Å². The number of rotatable bonds is 9. The van der Waals surface area contributed by atoms with Gasteiger partial charge in [-0.15, -0.1) is 10.2 Å². The van der Waals surface area contributed by atoms with Gasteiger partial charge in [0.15, 0.2) is 35.4 Å². The molecule has 1 aromatic heterocycles. The van der Waals surface area contributed by atoms with Crippen LogP contribution in [0.1, 0.15) is 32.0 Å². The van der Waals surface area contributed by atoms with E-state index in [-0.39, 0.29) is 27.0 Å². The second-order valence-corrected chi connectivity index (χ2v) is 10.4. The maximum Gasteiger partial charge on any atom is 0.303 e. The minimum absolute atomic E-state index is 0.0411.